The van der Waals surface area contributed by atoms with Gasteiger partial charge in [-0.05, 0) is 19.3 Å². The monoisotopic (exact) mass is 316 g/mol. The molecule has 6 heteroatoms. The number of aliphatic carboxylic acids is 1. The summed E-state index contributed by atoms with van der Waals surface area (Å²) in [6.45, 7) is 0. The molecule has 1 aliphatic carbocycles. The van der Waals surface area contributed by atoms with Crippen molar-refractivity contribution in [2.45, 2.75) is 41.8 Å². The van der Waals surface area contributed by atoms with Gasteiger partial charge in [-0.25, -0.2) is 4.98 Å². The number of hydrogen-bond acceptors (Lipinski definition) is 4. The number of aromatic nitrogens is 2. The zero-order valence-electron chi connectivity index (χ0n) is 11.9. The van der Waals surface area contributed by atoms with Crippen molar-refractivity contribution in [1.29, 1.82) is 0 Å². The molecule has 2 aliphatic rings. The summed E-state index contributed by atoms with van der Waals surface area (Å²) in [5.41, 5.74) is 1.48. The number of fused-ring (bicyclic) bond motifs is 3. The Morgan fingerprint density at radius 3 is 2.86 bits per heavy atom. The first-order valence-electron chi connectivity index (χ1n) is 7.38. The van der Waals surface area contributed by atoms with Gasteiger partial charge in [0, 0.05) is 11.3 Å². The zero-order valence-corrected chi connectivity index (χ0v) is 12.7. The van der Waals surface area contributed by atoms with Crippen LogP contribution in [0.15, 0.2) is 35.5 Å². The van der Waals surface area contributed by atoms with Gasteiger partial charge in [0.05, 0.1) is 17.4 Å². The van der Waals surface area contributed by atoms with E-state index >= 15 is 0 Å². The highest BCUT2D eigenvalue weighted by molar-refractivity contribution is 8.00. The lowest BCUT2D eigenvalue weighted by molar-refractivity contribution is -0.138. The summed E-state index contributed by atoms with van der Waals surface area (Å²) < 4.78 is 1.88. The maximum Gasteiger partial charge on any atom is 0.304 e. The zero-order chi connectivity index (χ0) is 15.3. The SMILES string of the molecule is O=C(O)C[C@H]1Sc2nc3c(n2[C@]1(O)c1ccccc1)CCC3. The molecular formula is C16H16N2O3S. The third-order valence-corrected chi connectivity index (χ3v) is 5.71. The molecule has 0 saturated carbocycles. The molecule has 0 spiro atoms. The smallest absolute Gasteiger partial charge is 0.304 e. The predicted molar refractivity (Wildman–Crippen MR) is 81.9 cm³/mol. The Morgan fingerprint density at radius 1 is 1.36 bits per heavy atom. The molecule has 0 saturated heterocycles. The van der Waals surface area contributed by atoms with Gasteiger partial charge in [0.25, 0.3) is 0 Å². The van der Waals surface area contributed by atoms with Crippen LogP contribution in [0.3, 0.4) is 0 Å². The third kappa shape index (κ3) is 1.84. The quantitative estimate of drug-likeness (QED) is 0.906. The third-order valence-electron chi connectivity index (χ3n) is 4.45. The van der Waals surface area contributed by atoms with Crippen LogP contribution < -0.4 is 0 Å². The van der Waals surface area contributed by atoms with Crippen LogP contribution in [0.5, 0.6) is 0 Å². The van der Waals surface area contributed by atoms with Gasteiger partial charge in [0.15, 0.2) is 10.9 Å². The number of carbonyl (C=O) groups is 1. The number of thioether (sulfide) groups is 1. The second kappa shape index (κ2) is 4.86. The van der Waals surface area contributed by atoms with E-state index in [2.05, 4.69) is 4.98 Å². The lowest BCUT2D eigenvalue weighted by Gasteiger charge is -2.32. The fourth-order valence-electron chi connectivity index (χ4n) is 3.48. The van der Waals surface area contributed by atoms with Crippen LogP contribution in [-0.2, 0) is 23.4 Å². The molecule has 4 rings (SSSR count). The summed E-state index contributed by atoms with van der Waals surface area (Å²) in [4.78, 5) is 15.8. The summed E-state index contributed by atoms with van der Waals surface area (Å²) in [6.07, 6.45) is 2.76. The number of carboxylic acid groups (broad SMARTS) is 1. The van der Waals surface area contributed by atoms with Crippen molar-refractivity contribution >= 4 is 17.7 Å². The Morgan fingerprint density at radius 2 is 2.14 bits per heavy atom. The molecule has 2 aromatic rings. The van der Waals surface area contributed by atoms with Gasteiger partial charge in [0.1, 0.15) is 0 Å². The van der Waals surface area contributed by atoms with Gasteiger partial charge < -0.3 is 10.2 Å². The van der Waals surface area contributed by atoms with E-state index in [4.69, 9.17) is 0 Å². The van der Waals surface area contributed by atoms with E-state index < -0.39 is 16.9 Å². The highest BCUT2D eigenvalue weighted by Crippen LogP contribution is 2.50. The Kier molecular flexibility index (Phi) is 3.06. The van der Waals surface area contributed by atoms with Crippen molar-refractivity contribution in [3.05, 3.63) is 47.3 Å². The number of carboxylic acids is 1. The van der Waals surface area contributed by atoms with Crippen LogP contribution >= 0.6 is 11.8 Å². The van der Waals surface area contributed by atoms with E-state index in [1.54, 1.807) is 0 Å². The molecule has 1 aromatic heterocycles. The fourth-order valence-corrected chi connectivity index (χ4v) is 4.88. The number of nitrogens with zero attached hydrogens (tertiary/aromatic N) is 2. The Bertz CT molecular complexity index is 743. The number of aliphatic hydroxyl groups is 1. The summed E-state index contributed by atoms with van der Waals surface area (Å²) in [5, 5.41) is 21.0. The number of benzene rings is 1. The van der Waals surface area contributed by atoms with E-state index in [-0.39, 0.29) is 6.42 Å². The second-order valence-electron chi connectivity index (χ2n) is 5.77. The predicted octanol–water partition coefficient (Wildman–Crippen LogP) is 2.01. The molecular weight excluding hydrogens is 300 g/mol. The normalized spacial score (nSPS) is 26.0. The van der Waals surface area contributed by atoms with Gasteiger partial charge in [-0.15, -0.1) is 0 Å². The Balaban J connectivity index is 1.89. The number of hydrogen-bond donors (Lipinski definition) is 2. The molecule has 0 radical (unpaired) electrons. The summed E-state index contributed by atoms with van der Waals surface area (Å²) in [6, 6.07) is 9.33. The lowest BCUT2D eigenvalue weighted by Crippen LogP contribution is -2.42. The first-order valence-corrected chi connectivity index (χ1v) is 8.26. The molecule has 114 valence electrons. The molecule has 5 nitrogen and oxygen atoms in total. The molecule has 1 aliphatic heterocycles. The van der Waals surface area contributed by atoms with Crippen molar-refractivity contribution in [2.75, 3.05) is 0 Å². The number of rotatable bonds is 3. The molecule has 0 amide bonds. The molecule has 2 N–H and O–H groups in total. The average Bonchev–Trinajstić information content (AvgIpc) is 3.12. The van der Waals surface area contributed by atoms with E-state index in [0.717, 1.165) is 41.4 Å². The fraction of sp³-hybridized carbons (Fsp3) is 0.375. The minimum atomic E-state index is -1.34. The molecule has 0 bridgehead atoms. The maximum absolute atomic E-state index is 11.5. The van der Waals surface area contributed by atoms with E-state index in [1.807, 2.05) is 34.9 Å². The van der Waals surface area contributed by atoms with Gasteiger partial charge in [0.2, 0.25) is 0 Å². The van der Waals surface area contributed by atoms with Gasteiger partial charge in [-0.1, -0.05) is 42.1 Å². The van der Waals surface area contributed by atoms with Crippen LogP contribution in [0, 0.1) is 0 Å². The van der Waals surface area contributed by atoms with Crippen LogP contribution in [0.25, 0.3) is 0 Å². The van der Waals surface area contributed by atoms with Crippen molar-refractivity contribution < 1.29 is 15.0 Å². The summed E-state index contributed by atoms with van der Waals surface area (Å²) in [5.74, 6) is -0.908. The van der Waals surface area contributed by atoms with Crippen LogP contribution in [0.1, 0.15) is 29.8 Å². The van der Waals surface area contributed by atoms with Crippen molar-refractivity contribution in [3.8, 4) is 0 Å². The Hall–Kier alpha value is -1.79. The molecule has 2 heterocycles. The number of aryl methyl sites for hydroxylation is 1. The highest BCUT2D eigenvalue weighted by atomic mass is 32.2. The van der Waals surface area contributed by atoms with E-state index in [1.165, 1.54) is 11.8 Å². The highest BCUT2D eigenvalue weighted by Gasteiger charge is 2.51. The second-order valence-corrected chi connectivity index (χ2v) is 6.94. The van der Waals surface area contributed by atoms with Gasteiger partial charge in [-0.2, -0.15) is 0 Å². The first kappa shape index (κ1) is 13.8. The molecule has 0 unspecified atom stereocenters. The van der Waals surface area contributed by atoms with Crippen molar-refractivity contribution in [3.63, 3.8) is 0 Å². The summed E-state index contributed by atoms with van der Waals surface area (Å²) in [7, 11) is 0. The van der Waals surface area contributed by atoms with Crippen molar-refractivity contribution in [1.82, 2.24) is 9.55 Å². The largest absolute Gasteiger partial charge is 0.481 e. The average molecular weight is 316 g/mol. The first-order chi connectivity index (χ1) is 10.6. The summed E-state index contributed by atoms with van der Waals surface area (Å²) >= 11 is 1.37. The maximum atomic E-state index is 11.5. The molecule has 1 aromatic carbocycles. The lowest BCUT2D eigenvalue weighted by atomic mass is 9.96. The van der Waals surface area contributed by atoms with E-state index in [9.17, 15) is 15.0 Å². The van der Waals surface area contributed by atoms with Crippen LogP contribution in [0.4, 0.5) is 0 Å². The van der Waals surface area contributed by atoms with Crippen LogP contribution in [-0.4, -0.2) is 31.0 Å². The minimum absolute atomic E-state index is 0.103. The Labute approximate surface area is 132 Å². The van der Waals surface area contributed by atoms with Crippen molar-refractivity contribution in [2.24, 2.45) is 0 Å². The molecule has 2 atom stereocenters. The van der Waals surface area contributed by atoms with Gasteiger partial charge in [-0.3, -0.25) is 9.36 Å². The molecule has 0 fully saturated rings. The van der Waals surface area contributed by atoms with E-state index in [0.29, 0.717) is 0 Å². The number of imidazole rings is 1. The van der Waals surface area contributed by atoms with Crippen LogP contribution in [0.2, 0.25) is 0 Å². The molecule has 22 heavy (non-hydrogen) atoms. The van der Waals surface area contributed by atoms with Gasteiger partial charge >= 0.3 is 5.97 Å². The standard InChI is InChI=1S/C16H16N2O3S/c19-14(20)9-13-16(21,10-5-2-1-3-6-10)18-12-8-4-7-11(12)17-15(18)22-13/h1-3,5-6,13,21H,4,7-9H2,(H,19,20)/t13-,16+/m1/s1. The topological polar surface area (TPSA) is 75.3 Å². The minimum Gasteiger partial charge on any atom is -0.481 e.